The predicted octanol–water partition coefficient (Wildman–Crippen LogP) is 2.05. The normalized spacial score (nSPS) is 11.4. The molecule has 10 nitrogen and oxygen atoms in total. The second kappa shape index (κ2) is 7.72. The first-order chi connectivity index (χ1) is 14.1. The molecule has 0 bridgehead atoms. The van der Waals surface area contributed by atoms with Gasteiger partial charge in [-0.25, -0.2) is 10.1 Å². The molecule has 4 rings (SSSR count). The Hall–Kier alpha value is -4.34. The van der Waals surface area contributed by atoms with Crippen molar-refractivity contribution in [1.29, 1.82) is 0 Å². The standard InChI is InChI=1S/C19H16N8O2/c1-12(13-8-4-2-5-9-13)21-23-19(28)16-15(14-10-6-3-7-11-14)22-26-27(16)18-17(20)24-29-25-18/h2-11H,1H3,(H2,20,24)(H,23,28)/b21-12-. The number of nitrogens with two attached hydrogens (primary N) is 1. The van der Waals surface area contributed by atoms with Gasteiger partial charge in [0.15, 0.2) is 5.69 Å². The molecule has 0 aliphatic heterocycles. The summed E-state index contributed by atoms with van der Waals surface area (Å²) in [7, 11) is 0. The van der Waals surface area contributed by atoms with Gasteiger partial charge in [0.05, 0.1) is 5.71 Å². The van der Waals surface area contributed by atoms with E-state index >= 15 is 0 Å². The molecule has 3 N–H and O–H groups in total. The zero-order valence-corrected chi connectivity index (χ0v) is 15.4. The average Bonchev–Trinajstić information content (AvgIpc) is 3.39. The molecule has 0 radical (unpaired) electrons. The molecule has 0 unspecified atom stereocenters. The average molecular weight is 388 g/mol. The summed E-state index contributed by atoms with van der Waals surface area (Å²) >= 11 is 0. The van der Waals surface area contributed by atoms with Crippen molar-refractivity contribution in [3.63, 3.8) is 0 Å². The summed E-state index contributed by atoms with van der Waals surface area (Å²) in [4.78, 5) is 13.0. The zero-order valence-electron chi connectivity index (χ0n) is 15.4. The first kappa shape index (κ1) is 18.0. The third-order valence-electron chi connectivity index (χ3n) is 4.15. The summed E-state index contributed by atoms with van der Waals surface area (Å²) in [5.74, 6) is -0.493. The number of hydrogen-bond donors (Lipinski definition) is 2. The molecule has 4 aromatic rings. The zero-order chi connectivity index (χ0) is 20.2. The van der Waals surface area contributed by atoms with Crippen molar-refractivity contribution in [3.8, 4) is 17.1 Å². The van der Waals surface area contributed by atoms with Gasteiger partial charge in [0.25, 0.3) is 5.91 Å². The number of aromatic nitrogens is 5. The summed E-state index contributed by atoms with van der Waals surface area (Å²) in [6.07, 6.45) is 0. The van der Waals surface area contributed by atoms with Crippen molar-refractivity contribution in [2.45, 2.75) is 6.92 Å². The van der Waals surface area contributed by atoms with Gasteiger partial charge in [-0.2, -0.15) is 9.78 Å². The fraction of sp³-hybridized carbons (Fsp3) is 0.0526. The van der Waals surface area contributed by atoms with Gasteiger partial charge in [-0.1, -0.05) is 65.9 Å². The number of amides is 1. The topological polar surface area (TPSA) is 137 Å². The predicted molar refractivity (Wildman–Crippen MR) is 105 cm³/mol. The Morgan fingerprint density at radius 1 is 1.07 bits per heavy atom. The van der Waals surface area contributed by atoms with E-state index in [1.165, 1.54) is 4.68 Å². The van der Waals surface area contributed by atoms with Crippen LogP contribution in [0.3, 0.4) is 0 Å². The minimum absolute atomic E-state index is 0.0208. The van der Waals surface area contributed by atoms with Crippen LogP contribution in [0, 0.1) is 0 Å². The molecule has 0 atom stereocenters. The molecule has 0 aliphatic carbocycles. The van der Waals surface area contributed by atoms with Gasteiger partial charge in [0, 0.05) is 5.56 Å². The molecule has 0 fully saturated rings. The van der Waals surface area contributed by atoms with Crippen LogP contribution in [0.2, 0.25) is 0 Å². The van der Waals surface area contributed by atoms with Gasteiger partial charge in [-0.15, -0.1) is 5.10 Å². The summed E-state index contributed by atoms with van der Waals surface area (Å²) < 4.78 is 5.81. The van der Waals surface area contributed by atoms with Crippen LogP contribution >= 0.6 is 0 Å². The maximum Gasteiger partial charge on any atom is 0.292 e. The molecule has 2 aromatic carbocycles. The number of carbonyl (C=O) groups excluding carboxylic acids is 1. The number of hydrogen-bond acceptors (Lipinski definition) is 8. The summed E-state index contributed by atoms with van der Waals surface area (Å²) in [5.41, 5.74) is 11.0. The lowest BCUT2D eigenvalue weighted by Gasteiger charge is -2.06. The van der Waals surface area contributed by atoms with Crippen molar-refractivity contribution in [2.24, 2.45) is 5.10 Å². The first-order valence-corrected chi connectivity index (χ1v) is 8.64. The van der Waals surface area contributed by atoms with E-state index in [1.54, 1.807) is 6.92 Å². The molecular weight excluding hydrogens is 372 g/mol. The van der Waals surface area contributed by atoms with Gasteiger partial charge >= 0.3 is 0 Å². The van der Waals surface area contributed by atoms with Crippen molar-refractivity contribution < 1.29 is 9.42 Å². The molecular formula is C19H16N8O2. The molecule has 1 amide bonds. The third-order valence-corrected chi connectivity index (χ3v) is 4.15. The Kier molecular flexibility index (Phi) is 4.81. The summed E-state index contributed by atoms with van der Waals surface area (Å²) in [6.45, 7) is 1.79. The Bertz CT molecular complexity index is 1170. The van der Waals surface area contributed by atoms with Crippen LogP contribution < -0.4 is 11.2 Å². The Labute approximate surface area is 165 Å². The minimum atomic E-state index is -0.536. The van der Waals surface area contributed by atoms with Crippen molar-refractivity contribution >= 4 is 17.4 Å². The highest BCUT2D eigenvalue weighted by Gasteiger charge is 2.25. The van der Waals surface area contributed by atoms with Crippen LogP contribution in [0.1, 0.15) is 23.0 Å². The second-order valence-electron chi connectivity index (χ2n) is 6.04. The van der Waals surface area contributed by atoms with Crippen molar-refractivity contribution in [2.75, 3.05) is 5.73 Å². The highest BCUT2D eigenvalue weighted by atomic mass is 16.6. The SMILES string of the molecule is C/C(=N/NC(=O)c1c(-c2ccccc2)nnn1-c1nonc1N)c1ccccc1. The van der Waals surface area contributed by atoms with Gasteiger partial charge < -0.3 is 5.73 Å². The highest BCUT2D eigenvalue weighted by molar-refractivity contribution is 6.02. The van der Waals surface area contributed by atoms with E-state index in [1.807, 2.05) is 60.7 Å². The lowest BCUT2D eigenvalue weighted by Crippen LogP contribution is -2.23. The Morgan fingerprint density at radius 2 is 1.76 bits per heavy atom. The van der Waals surface area contributed by atoms with Crippen LogP contribution in [-0.4, -0.2) is 36.9 Å². The maximum absolute atomic E-state index is 13.0. The first-order valence-electron chi connectivity index (χ1n) is 8.64. The van der Waals surface area contributed by atoms with Crippen molar-refractivity contribution in [3.05, 3.63) is 71.9 Å². The molecule has 0 saturated heterocycles. The molecule has 2 heterocycles. The van der Waals surface area contributed by atoms with E-state index < -0.39 is 5.91 Å². The van der Waals surface area contributed by atoms with E-state index in [0.717, 1.165) is 5.56 Å². The molecule has 0 spiro atoms. The summed E-state index contributed by atoms with van der Waals surface area (Å²) in [6, 6.07) is 18.6. The number of hydrazone groups is 1. The fourth-order valence-corrected chi connectivity index (χ4v) is 2.69. The number of benzene rings is 2. The molecule has 29 heavy (non-hydrogen) atoms. The fourth-order valence-electron chi connectivity index (χ4n) is 2.69. The number of carbonyl (C=O) groups is 1. The smallest absolute Gasteiger partial charge is 0.292 e. The van der Waals surface area contributed by atoms with Gasteiger partial charge in [0.1, 0.15) is 5.69 Å². The van der Waals surface area contributed by atoms with Crippen molar-refractivity contribution in [1.82, 2.24) is 30.7 Å². The van der Waals surface area contributed by atoms with Crippen LogP contribution in [0.25, 0.3) is 17.1 Å². The monoisotopic (exact) mass is 388 g/mol. The van der Waals surface area contributed by atoms with E-state index in [0.29, 0.717) is 17.0 Å². The summed E-state index contributed by atoms with van der Waals surface area (Å²) in [5, 5.41) is 19.6. The lowest BCUT2D eigenvalue weighted by molar-refractivity contribution is 0.0947. The number of rotatable bonds is 5. The molecule has 2 aromatic heterocycles. The number of nitrogen functional groups attached to an aromatic ring is 1. The van der Waals surface area contributed by atoms with E-state index in [9.17, 15) is 4.79 Å². The number of nitrogens with zero attached hydrogens (tertiary/aromatic N) is 6. The third kappa shape index (κ3) is 3.58. The highest BCUT2D eigenvalue weighted by Crippen LogP contribution is 2.24. The quantitative estimate of drug-likeness (QED) is 0.394. The van der Waals surface area contributed by atoms with Gasteiger partial charge in [-0.05, 0) is 22.8 Å². The largest absolute Gasteiger partial charge is 0.378 e. The van der Waals surface area contributed by atoms with E-state index in [4.69, 9.17) is 5.73 Å². The van der Waals surface area contributed by atoms with Crippen LogP contribution in [0.4, 0.5) is 5.82 Å². The van der Waals surface area contributed by atoms with Gasteiger partial charge in [-0.3, -0.25) is 4.79 Å². The molecule has 144 valence electrons. The van der Waals surface area contributed by atoms with Crippen LogP contribution in [-0.2, 0) is 0 Å². The maximum atomic E-state index is 13.0. The van der Waals surface area contributed by atoms with E-state index in [2.05, 4.69) is 35.8 Å². The van der Waals surface area contributed by atoms with E-state index in [-0.39, 0.29) is 17.3 Å². The minimum Gasteiger partial charge on any atom is -0.378 e. The Morgan fingerprint density at radius 3 is 2.41 bits per heavy atom. The second-order valence-corrected chi connectivity index (χ2v) is 6.04. The number of anilines is 1. The Balaban J connectivity index is 1.74. The molecule has 0 aliphatic rings. The van der Waals surface area contributed by atoms with Crippen LogP contribution in [0.5, 0.6) is 0 Å². The van der Waals surface area contributed by atoms with Gasteiger partial charge in [0.2, 0.25) is 11.6 Å². The molecule has 10 heteroatoms. The molecule has 0 saturated carbocycles. The lowest BCUT2D eigenvalue weighted by atomic mass is 10.1. The number of nitrogens with one attached hydrogen (secondary N) is 1. The van der Waals surface area contributed by atoms with Crippen LogP contribution in [0.15, 0.2) is 70.4 Å².